The van der Waals surface area contributed by atoms with E-state index in [-0.39, 0.29) is 12.1 Å². The lowest BCUT2D eigenvalue weighted by molar-refractivity contribution is 0.565. The Hall–Kier alpha value is 0.154. The van der Waals surface area contributed by atoms with Gasteiger partial charge in [-0.2, -0.15) is 0 Å². The van der Waals surface area contributed by atoms with Crippen LogP contribution in [0.3, 0.4) is 0 Å². The molecule has 0 N–H and O–H groups in total. The number of halogens is 4. The fourth-order valence-electron chi connectivity index (χ4n) is 0.719. The van der Waals surface area contributed by atoms with Crippen molar-refractivity contribution >= 4 is 17.5 Å². The van der Waals surface area contributed by atoms with Crippen LogP contribution in [0.2, 0.25) is 24.2 Å². The molecule has 0 amide bonds. The molecular weight excluding hydrogens is 204 g/mol. The first-order valence-electron chi connectivity index (χ1n) is 4.08. The number of hydrogen-bond acceptors (Lipinski definition) is 0. The molecule has 0 nitrogen and oxygen atoms in total. The van der Waals surface area contributed by atoms with Crippen molar-refractivity contribution < 1.29 is 16.4 Å². The highest BCUT2D eigenvalue weighted by atomic mass is 28.4. The van der Waals surface area contributed by atoms with Gasteiger partial charge in [0.1, 0.15) is 0 Å². The third-order valence-electron chi connectivity index (χ3n) is 1.89. The first kappa shape index (κ1) is 12.2. The second kappa shape index (κ2) is 4.41. The fraction of sp³-hybridized carbons (Fsp3) is 1.00. The summed E-state index contributed by atoms with van der Waals surface area (Å²) in [6.07, 6.45) is 0. The maximum Gasteiger partial charge on any atom is 0.424 e. The van der Waals surface area contributed by atoms with Crippen LogP contribution >= 0.6 is 0 Å². The largest absolute Gasteiger partial charge is 0.424 e. The van der Waals surface area contributed by atoms with E-state index in [1.165, 1.54) is 13.8 Å². The second-order valence-electron chi connectivity index (χ2n) is 2.92. The lowest BCUT2D eigenvalue weighted by Crippen LogP contribution is -2.27. The molecule has 0 aromatic rings. The van der Waals surface area contributed by atoms with Gasteiger partial charge in [0.25, 0.3) is 0 Å². The minimum Gasteiger partial charge on any atom is -0.270 e. The minimum absolute atomic E-state index is 0.207. The fourth-order valence-corrected chi connectivity index (χ4v) is 4.35. The van der Waals surface area contributed by atoms with Crippen molar-refractivity contribution in [2.75, 3.05) is 0 Å². The van der Waals surface area contributed by atoms with Gasteiger partial charge in [-0.3, -0.25) is 16.4 Å². The minimum atomic E-state index is -4.25. The van der Waals surface area contributed by atoms with Crippen LogP contribution in [0.5, 0.6) is 0 Å². The SMILES string of the molecule is CC[Si](F)(F)CC[Si](F)(F)CC. The highest BCUT2D eigenvalue weighted by Gasteiger charge is 2.40. The van der Waals surface area contributed by atoms with Gasteiger partial charge in [0.15, 0.2) is 0 Å². The Morgan fingerprint density at radius 2 is 1.00 bits per heavy atom. The molecular formula is C6H14F4Si2. The zero-order chi connectivity index (χ0) is 9.83. The van der Waals surface area contributed by atoms with Crippen molar-refractivity contribution in [1.82, 2.24) is 0 Å². The van der Waals surface area contributed by atoms with Crippen LogP contribution in [0, 0.1) is 0 Å². The molecule has 0 aliphatic carbocycles. The Balaban J connectivity index is 3.82. The van der Waals surface area contributed by atoms with E-state index in [2.05, 4.69) is 0 Å². The molecule has 0 fully saturated rings. The summed E-state index contributed by atoms with van der Waals surface area (Å²) in [5, 5.41) is 0. The van der Waals surface area contributed by atoms with E-state index in [0.717, 1.165) is 0 Å². The average molecular weight is 218 g/mol. The predicted octanol–water partition coefficient (Wildman–Crippen LogP) is 3.79. The smallest absolute Gasteiger partial charge is 0.270 e. The molecule has 0 saturated carbocycles. The van der Waals surface area contributed by atoms with Gasteiger partial charge < -0.3 is 0 Å². The summed E-state index contributed by atoms with van der Waals surface area (Å²) in [5.41, 5.74) is 0. The summed E-state index contributed by atoms with van der Waals surface area (Å²) < 4.78 is 50.6. The van der Waals surface area contributed by atoms with Gasteiger partial charge in [-0.25, -0.2) is 0 Å². The van der Waals surface area contributed by atoms with Gasteiger partial charge in [-0.1, -0.05) is 13.8 Å². The molecule has 0 aliphatic rings. The van der Waals surface area contributed by atoms with Crippen molar-refractivity contribution in [1.29, 1.82) is 0 Å². The van der Waals surface area contributed by atoms with Crippen molar-refractivity contribution in [3.05, 3.63) is 0 Å². The zero-order valence-corrected chi connectivity index (χ0v) is 9.34. The molecule has 0 saturated heterocycles. The summed E-state index contributed by atoms with van der Waals surface area (Å²) in [4.78, 5) is 0. The first-order chi connectivity index (χ1) is 5.33. The number of rotatable bonds is 5. The first-order valence-corrected chi connectivity index (χ1v) is 8.42. The van der Waals surface area contributed by atoms with Gasteiger partial charge in [-0.15, -0.1) is 0 Å². The molecule has 0 rings (SSSR count). The lowest BCUT2D eigenvalue weighted by Gasteiger charge is -2.13. The molecule has 0 spiro atoms. The zero-order valence-electron chi connectivity index (χ0n) is 7.34. The van der Waals surface area contributed by atoms with Crippen LogP contribution in [0.25, 0.3) is 0 Å². The van der Waals surface area contributed by atoms with E-state index in [1.54, 1.807) is 0 Å². The van der Waals surface area contributed by atoms with Gasteiger partial charge in [0.2, 0.25) is 0 Å². The molecule has 0 unspecified atom stereocenters. The maximum atomic E-state index is 12.6. The summed E-state index contributed by atoms with van der Waals surface area (Å²) in [6.45, 7) is 2.75. The van der Waals surface area contributed by atoms with E-state index in [9.17, 15) is 16.4 Å². The quantitative estimate of drug-likeness (QED) is 0.374. The molecule has 0 aromatic heterocycles. The summed E-state index contributed by atoms with van der Waals surface area (Å²) in [5.74, 6) is 0. The molecule has 0 heterocycles. The van der Waals surface area contributed by atoms with Crippen molar-refractivity contribution in [3.8, 4) is 0 Å². The predicted molar refractivity (Wildman–Crippen MR) is 46.5 cm³/mol. The van der Waals surface area contributed by atoms with Crippen LogP contribution < -0.4 is 0 Å². The van der Waals surface area contributed by atoms with E-state index in [1.807, 2.05) is 0 Å². The van der Waals surface area contributed by atoms with E-state index in [4.69, 9.17) is 0 Å². The summed E-state index contributed by atoms with van der Waals surface area (Å²) in [7, 11) is -8.50. The molecule has 0 aromatic carbocycles. The summed E-state index contributed by atoms with van der Waals surface area (Å²) in [6, 6.07) is -1.45. The highest BCUT2D eigenvalue weighted by molar-refractivity contribution is 6.71. The van der Waals surface area contributed by atoms with Crippen molar-refractivity contribution in [2.24, 2.45) is 0 Å². The van der Waals surface area contributed by atoms with Crippen LogP contribution in [-0.4, -0.2) is 17.5 Å². The Morgan fingerprint density at radius 1 is 0.750 bits per heavy atom. The Morgan fingerprint density at radius 3 is 1.17 bits per heavy atom. The average Bonchev–Trinajstić information content (AvgIpc) is 2.02. The molecule has 6 heteroatoms. The van der Waals surface area contributed by atoms with Gasteiger partial charge in [0.05, 0.1) is 0 Å². The molecule has 74 valence electrons. The maximum absolute atomic E-state index is 12.6. The van der Waals surface area contributed by atoms with Gasteiger partial charge >= 0.3 is 17.5 Å². The molecule has 0 bridgehead atoms. The van der Waals surface area contributed by atoms with Crippen LogP contribution in [0.4, 0.5) is 16.4 Å². The van der Waals surface area contributed by atoms with E-state index >= 15 is 0 Å². The van der Waals surface area contributed by atoms with Gasteiger partial charge in [-0.05, 0) is 12.1 Å². The topological polar surface area (TPSA) is 0 Å². The van der Waals surface area contributed by atoms with Crippen molar-refractivity contribution in [3.63, 3.8) is 0 Å². The normalized spacial score (nSPS) is 13.5. The molecule has 0 atom stereocenters. The highest BCUT2D eigenvalue weighted by Crippen LogP contribution is 2.28. The van der Waals surface area contributed by atoms with Crippen LogP contribution in [-0.2, 0) is 0 Å². The number of hydrogen-bond donors (Lipinski definition) is 0. The third kappa shape index (κ3) is 4.92. The second-order valence-corrected chi connectivity index (χ2v) is 8.76. The summed E-state index contributed by atoms with van der Waals surface area (Å²) >= 11 is 0. The molecule has 0 radical (unpaired) electrons. The third-order valence-corrected chi connectivity index (χ3v) is 6.42. The monoisotopic (exact) mass is 218 g/mol. The van der Waals surface area contributed by atoms with Gasteiger partial charge in [0, 0.05) is 12.1 Å². The van der Waals surface area contributed by atoms with Crippen LogP contribution in [0.1, 0.15) is 13.8 Å². The van der Waals surface area contributed by atoms with E-state index in [0.29, 0.717) is 0 Å². The van der Waals surface area contributed by atoms with Crippen LogP contribution in [0.15, 0.2) is 0 Å². The lowest BCUT2D eigenvalue weighted by atomic mass is 10.9. The van der Waals surface area contributed by atoms with Crippen molar-refractivity contribution in [2.45, 2.75) is 38.0 Å². The Labute approximate surface area is 72.7 Å². The molecule has 0 aliphatic heterocycles. The molecule has 12 heavy (non-hydrogen) atoms. The standard InChI is InChI=1S/C6H14F4Si2/c1-3-11(7,8)5-6-12(9,10)4-2/h3-6H2,1-2H3. The Kier molecular flexibility index (Phi) is 4.46. The Bertz CT molecular complexity index is 122. The van der Waals surface area contributed by atoms with E-state index < -0.39 is 29.6 Å².